The van der Waals surface area contributed by atoms with E-state index in [0.29, 0.717) is 68.0 Å². The van der Waals surface area contributed by atoms with Crippen LogP contribution in [0.1, 0.15) is 57.7 Å². The molecule has 9 heteroatoms. The summed E-state index contributed by atoms with van der Waals surface area (Å²) in [5.41, 5.74) is 6.80. The number of hydrogen-bond acceptors (Lipinski definition) is 6. The lowest BCUT2D eigenvalue weighted by molar-refractivity contribution is -0.118. The molecule has 37 heavy (non-hydrogen) atoms. The summed E-state index contributed by atoms with van der Waals surface area (Å²) in [6, 6.07) is 16.6. The molecule has 7 nitrogen and oxygen atoms in total. The second-order valence-electron chi connectivity index (χ2n) is 8.46. The average Bonchev–Trinajstić information content (AvgIpc) is 3.24. The molecule has 1 aromatic heterocycles. The molecule has 0 fully saturated rings. The number of esters is 1. The molecule has 1 amide bonds. The Bertz CT molecular complexity index is 1460. The molecule has 0 saturated carbocycles. The van der Waals surface area contributed by atoms with Gasteiger partial charge in [-0.2, -0.15) is 0 Å². The number of benzene rings is 3. The zero-order chi connectivity index (χ0) is 26.5. The van der Waals surface area contributed by atoms with Gasteiger partial charge in [0.05, 0.1) is 20.1 Å². The number of unbranched alkanes of at least 4 members (excludes halogenated alkanes) is 2. The quantitative estimate of drug-likeness (QED) is 0.0872. The summed E-state index contributed by atoms with van der Waals surface area (Å²) in [5.74, 6) is -0.352. The third-order valence-electron chi connectivity index (χ3n) is 5.79. The van der Waals surface area contributed by atoms with Crippen molar-refractivity contribution in [2.45, 2.75) is 32.1 Å². The van der Waals surface area contributed by atoms with E-state index in [4.69, 9.17) is 14.9 Å². The van der Waals surface area contributed by atoms with Gasteiger partial charge in [-0.3, -0.25) is 9.59 Å². The van der Waals surface area contributed by atoms with Crippen LogP contribution < -0.4 is 10.5 Å². The van der Waals surface area contributed by atoms with Crippen LogP contribution >= 0.6 is 31.9 Å². The number of amides is 1. The van der Waals surface area contributed by atoms with Crippen molar-refractivity contribution < 1.29 is 28.6 Å². The van der Waals surface area contributed by atoms with Crippen LogP contribution in [0.4, 0.5) is 0 Å². The van der Waals surface area contributed by atoms with Gasteiger partial charge in [0.2, 0.25) is 5.91 Å². The minimum atomic E-state index is -0.503. The third kappa shape index (κ3) is 6.29. The molecule has 0 atom stereocenters. The number of nitrogens with two attached hydrogens (primary N) is 1. The second-order valence-corrected chi connectivity index (χ2v) is 10.2. The van der Waals surface area contributed by atoms with Crippen molar-refractivity contribution in [1.29, 1.82) is 0 Å². The van der Waals surface area contributed by atoms with Crippen molar-refractivity contribution in [3.63, 3.8) is 0 Å². The first-order chi connectivity index (χ1) is 17.7. The smallest absolute Gasteiger partial charge is 0.343 e. The first-order valence-electron chi connectivity index (χ1n) is 11.6. The van der Waals surface area contributed by atoms with Gasteiger partial charge in [0.15, 0.2) is 5.78 Å². The Kier molecular flexibility index (Phi) is 8.45. The summed E-state index contributed by atoms with van der Waals surface area (Å²) in [6.45, 7) is 0. The number of hydrogen-bond donors (Lipinski definition) is 2. The number of phenols is 1. The predicted molar refractivity (Wildman–Crippen MR) is 146 cm³/mol. The fourth-order valence-corrected chi connectivity index (χ4v) is 5.15. The molecule has 0 aliphatic rings. The fourth-order valence-electron chi connectivity index (χ4n) is 3.96. The van der Waals surface area contributed by atoms with E-state index >= 15 is 0 Å². The van der Waals surface area contributed by atoms with Gasteiger partial charge in [-0.05, 0) is 81.1 Å². The van der Waals surface area contributed by atoms with Gasteiger partial charge < -0.3 is 20.0 Å². The van der Waals surface area contributed by atoms with Crippen molar-refractivity contribution in [1.82, 2.24) is 0 Å². The van der Waals surface area contributed by atoms with Gasteiger partial charge in [-0.15, -0.1) is 0 Å². The summed E-state index contributed by atoms with van der Waals surface area (Å²) in [6.07, 6.45) is 2.85. The molecule has 3 aromatic carbocycles. The minimum Gasteiger partial charge on any atom is -0.506 e. The maximum Gasteiger partial charge on any atom is 0.343 e. The largest absolute Gasteiger partial charge is 0.506 e. The lowest BCUT2D eigenvalue weighted by Gasteiger charge is -2.07. The van der Waals surface area contributed by atoms with Gasteiger partial charge in [0.25, 0.3) is 0 Å². The van der Waals surface area contributed by atoms with Crippen LogP contribution in [0.25, 0.3) is 11.0 Å². The van der Waals surface area contributed by atoms with E-state index in [1.807, 2.05) is 6.07 Å². The zero-order valence-electron chi connectivity index (χ0n) is 19.6. The van der Waals surface area contributed by atoms with E-state index in [1.54, 1.807) is 54.6 Å². The number of halogens is 2. The van der Waals surface area contributed by atoms with E-state index in [0.717, 1.165) is 6.42 Å². The molecule has 0 radical (unpaired) electrons. The standard InChI is InChI=1S/C28H23Br2NO6/c29-20-13-17(14-21(30)27(20)34)26(33)25-19-12-11-18(36-28(35)16-7-3-1-4-8-16)15-23(19)37-22(25)9-5-2-6-10-24(31)32/h1,3-4,7-8,11-15,34H,2,5-6,9-10H2,(H2,31,32). The van der Waals surface area contributed by atoms with Crippen LogP contribution in [0.15, 0.2) is 74.0 Å². The number of phenolic OH excluding ortho intramolecular Hbond substituents is 1. The lowest BCUT2D eigenvalue weighted by atomic mass is 9.98. The van der Waals surface area contributed by atoms with Crippen LogP contribution in [0.2, 0.25) is 0 Å². The number of fused-ring (bicyclic) bond motifs is 1. The van der Waals surface area contributed by atoms with Gasteiger partial charge >= 0.3 is 5.97 Å². The molecular formula is C28H23Br2NO6. The first-order valence-corrected chi connectivity index (χ1v) is 13.2. The summed E-state index contributed by atoms with van der Waals surface area (Å²) in [7, 11) is 0. The highest BCUT2D eigenvalue weighted by atomic mass is 79.9. The molecule has 4 rings (SSSR count). The van der Waals surface area contributed by atoms with Crippen molar-refractivity contribution in [2.24, 2.45) is 5.73 Å². The number of rotatable bonds is 10. The molecule has 0 bridgehead atoms. The molecule has 0 unspecified atom stereocenters. The van der Waals surface area contributed by atoms with E-state index < -0.39 is 5.97 Å². The average molecular weight is 629 g/mol. The van der Waals surface area contributed by atoms with Gasteiger partial charge in [-0.1, -0.05) is 24.6 Å². The molecule has 3 N–H and O–H groups in total. The predicted octanol–water partition coefficient (Wildman–Crippen LogP) is 6.70. The maximum absolute atomic E-state index is 13.7. The highest BCUT2D eigenvalue weighted by molar-refractivity contribution is 9.11. The van der Waals surface area contributed by atoms with E-state index in [-0.39, 0.29) is 23.2 Å². The van der Waals surface area contributed by atoms with Crippen LogP contribution in [0.5, 0.6) is 11.5 Å². The number of aryl methyl sites for hydroxylation is 1. The number of aromatic hydroxyl groups is 1. The zero-order valence-corrected chi connectivity index (χ0v) is 22.8. The van der Waals surface area contributed by atoms with Gasteiger partial charge in [0, 0.05) is 29.9 Å². The minimum absolute atomic E-state index is 0.00634. The number of primary amides is 1. The Labute approximate surface area is 229 Å². The lowest BCUT2D eigenvalue weighted by Crippen LogP contribution is -2.09. The van der Waals surface area contributed by atoms with Crippen molar-refractivity contribution in [3.05, 3.63) is 92.1 Å². The summed E-state index contributed by atoms with van der Waals surface area (Å²) >= 11 is 6.55. The number of ether oxygens (including phenoxy) is 1. The topological polar surface area (TPSA) is 120 Å². The summed E-state index contributed by atoms with van der Waals surface area (Å²) in [5, 5.41) is 10.6. The number of ketones is 1. The van der Waals surface area contributed by atoms with Gasteiger partial charge in [-0.25, -0.2) is 4.79 Å². The van der Waals surface area contributed by atoms with Crippen molar-refractivity contribution in [3.8, 4) is 11.5 Å². The molecule has 4 aromatic rings. The Morgan fingerprint density at radius 3 is 2.27 bits per heavy atom. The Hall–Kier alpha value is -3.43. The van der Waals surface area contributed by atoms with Crippen molar-refractivity contribution in [2.75, 3.05) is 0 Å². The van der Waals surface area contributed by atoms with E-state index in [9.17, 15) is 19.5 Å². The first kappa shape index (κ1) is 26.6. The maximum atomic E-state index is 13.7. The Morgan fingerprint density at radius 2 is 1.59 bits per heavy atom. The Morgan fingerprint density at radius 1 is 0.892 bits per heavy atom. The fraction of sp³-hybridized carbons (Fsp3) is 0.179. The van der Waals surface area contributed by atoms with Crippen LogP contribution in [-0.2, 0) is 11.2 Å². The highest BCUT2D eigenvalue weighted by Gasteiger charge is 2.24. The third-order valence-corrected chi connectivity index (χ3v) is 7.00. The van der Waals surface area contributed by atoms with Gasteiger partial charge in [0.1, 0.15) is 22.8 Å². The molecule has 0 aliphatic carbocycles. The molecule has 0 saturated heterocycles. The second kappa shape index (κ2) is 11.7. The molecule has 0 aliphatic heterocycles. The summed E-state index contributed by atoms with van der Waals surface area (Å²) in [4.78, 5) is 37.2. The summed E-state index contributed by atoms with van der Waals surface area (Å²) < 4.78 is 12.4. The van der Waals surface area contributed by atoms with E-state index in [2.05, 4.69) is 31.9 Å². The molecule has 0 spiro atoms. The van der Waals surface area contributed by atoms with E-state index in [1.165, 1.54) is 0 Å². The number of carbonyl (C=O) groups excluding carboxylic acids is 3. The molecule has 1 heterocycles. The SMILES string of the molecule is NC(=O)CCCCCc1oc2cc(OC(=O)c3ccccc3)ccc2c1C(=O)c1cc(Br)c(O)c(Br)c1. The van der Waals surface area contributed by atoms with Crippen LogP contribution in [-0.4, -0.2) is 22.8 Å². The molecular weight excluding hydrogens is 606 g/mol. The van der Waals surface area contributed by atoms with Crippen LogP contribution in [0, 0.1) is 0 Å². The number of carbonyl (C=O) groups is 3. The Balaban J connectivity index is 1.67. The normalized spacial score (nSPS) is 11.0. The molecule has 190 valence electrons. The van der Waals surface area contributed by atoms with Crippen LogP contribution in [0.3, 0.4) is 0 Å². The number of furan rings is 1. The highest BCUT2D eigenvalue weighted by Crippen LogP contribution is 2.37. The monoisotopic (exact) mass is 627 g/mol. The van der Waals surface area contributed by atoms with Crippen molar-refractivity contribution >= 4 is 60.5 Å².